The summed E-state index contributed by atoms with van der Waals surface area (Å²) < 4.78 is 2.08. The normalized spacial score (nSPS) is 16.5. The molecular weight excluding hydrogens is 294 g/mol. The Bertz CT molecular complexity index is 725. The van der Waals surface area contributed by atoms with Crippen molar-refractivity contribution >= 4 is 17.5 Å². The molecule has 1 unspecified atom stereocenters. The number of anilines is 1. The Morgan fingerprint density at radius 1 is 1.39 bits per heavy atom. The van der Waals surface area contributed by atoms with Crippen LogP contribution in [0.3, 0.4) is 0 Å². The van der Waals surface area contributed by atoms with Gasteiger partial charge < -0.3 is 15.2 Å². The van der Waals surface area contributed by atoms with Crippen LogP contribution in [0.25, 0.3) is 0 Å². The number of rotatable bonds is 4. The summed E-state index contributed by atoms with van der Waals surface area (Å²) in [5.41, 5.74) is 1.93. The molecule has 0 bridgehead atoms. The molecule has 7 nitrogen and oxygen atoms in total. The van der Waals surface area contributed by atoms with Gasteiger partial charge in [0.25, 0.3) is 0 Å². The summed E-state index contributed by atoms with van der Waals surface area (Å²) in [6.07, 6.45) is 3.69. The summed E-state index contributed by atoms with van der Waals surface area (Å²) in [7, 11) is 0. The molecule has 120 valence electrons. The van der Waals surface area contributed by atoms with Crippen LogP contribution in [-0.2, 0) is 22.6 Å². The molecule has 0 saturated heterocycles. The first-order valence-corrected chi connectivity index (χ1v) is 7.63. The van der Waals surface area contributed by atoms with Crippen LogP contribution in [0.5, 0.6) is 0 Å². The number of aromatic nitrogens is 3. The number of aryl methyl sites for hydroxylation is 1. The van der Waals surface area contributed by atoms with Gasteiger partial charge in [0.1, 0.15) is 12.2 Å². The quantitative estimate of drug-likeness (QED) is 0.884. The van der Waals surface area contributed by atoms with Crippen LogP contribution in [0.4, 0.5) is 5.69 Å². The maximum absolute atomic E-state index is 11.8. The van der Waals surface area contributed by atoms with E-state index in [1.807, 2.05) is 18.2 Å². The van der Waals surface area contributed by atoms with Crippen molar-refractivity contribution in [2.75, 3.05) is 11.9 Å². The van der Waals surface area contributed by atoms with Crippen LogP contribution in [0.15, 0.2) is 30.6 Å². The molecule has 3 rings (SSSR count). The monoisotopic (exact) mass is 313 g/mol. The number of nitrogens with zero attached hydrogens (tertiary/aromatic N) is 3. The highest BCUT2D eigenvalue weighted by atomic mass is 16.2. The van der Waals surface area contributed by atoms with E-state index >= 15 is 0 Å². The van der Waals surface area contributed by atoms with Gasteiger partial charge in [0.2, 0.25) is 11.8 Å². The lowest BCUT2D eigenvalue weighted by Gasteiger charge is -2.23. The Labute approximate surface area is 134 Å². The van der Waals surface area contributed by atoms with Gasteiger partial charge in [0, 0.05) is 31.5 Å². The molecule has 2 heterocycles. The fourth-order valence-electron chi connectivity index (χ4n) is 2.81. The molecule has 2 N–H and O–H groups in total. The van der Waals surface area contributed by atoms with Gasteiger partial charge in [0.05, 0.1) is 6.54 Å². The Morgan fingerprint density at radius 2 is 2.26 bits per heavy atom. The molecule has 2 amide bonds. The predicted octanol–water partition coefficient (Wildman–Crippen LogP) is 1.08. The molecule has 1 atom stereocenters. The highest BCUT2D eigenvalue weighted by molar-refractivity contribution is 5.94. The van der Waals surface area contributed by atoms with Gasteiger partial charge in [-0.05, 0) is 24.1 Å². The molecule has 0 saturated carbocycles. The van der Waals surface area contributed by atoms with Crippen molar-refractivity contribution in [1.82, 2.24) is 20.1 Å². The second kappa shape index (κ2) is 6.60. The van der Waals surface area contributed by atoms with Crippen molar-refractivity contribution in [2.45, 2.75) is 32.2 Å². The first-order valence-electron chi connectivity index (χ1n) is 7.63. The highest BCUT2D eigenvalue weighted by Gasteiger charge is 2.21. The summed E-state index contributed by atoms with van der Waals surface area (Å²) in [6.45, 7) is 2.22. The minimum Gasteiger partial charge on any atom is -0.347 e. The van der Waals surface area contributed by atoms with Crippen molar-refractivity contribution < 1.29 is 9.59 Å². The number of hydrogen-bond acceptors (Lipinski definition) is 4. The molecule has 0 radical (unpaired) electrons. The van der Waals surface area contributed by atoms with E-state index in [1.54, 1.807) is 6.33 Å². The molecular formula is C16H19N5O2. The third kappa shape index (κ3) is 3.74. The lowest BCUT2D eigenvalue weighted by atomic mass is 9.91. The Balaban J connectivity index is 1.66. The standard InChI is InChI=1S/C16H19N5O2/c1-11(22)17-8-16(23)19-14-4-2-3-12(7-14)13-5-6-15-20-18-10-21(15)9-13/h2-4,7,10,13H,5-6,8-9H2,1H3,(H,17,22)(H,19,23). The van der Waals surface area contributed by atoms with Gasteiger partial charge in [-0.3, -0.25) is 9.59 Å². The maximum Gasteiger partial charge on any atom is 0.243 e. The molecule has 7 heteroatoms. The number of benzene rings is 1. The van der Waals surface area contributed by atoms with Crippen molar-refractivity contribution in [3.63, 3.8) is 0 Å². The number of carbonyl (C=O) groups is 2. The zero-order valence-electron chi connectivity index (χ0n) is 13.0. The zero-order chi connectivity index (χ0) is 16.2. The Kier molecular flexibility index (Phi) is 4.36. The van der Waals surface area contributed by atoms with Gasteiger partial charge >= 0.3 is 0 Å². The molecule has 0 aliphatic carbocycles. The van der Waals surface area contributed by atoms with E-state index in [1.165, 1.54) is 12.5 Å². The van der Waals surface area contributed by atoms with Crippen LogP contribution in [0.1, 0.15) is 30.7 Å². The van der Waals surface area contributed by atoms with E-state index in [0.717, 1.165) is 30.9 Å². The summed E-state index contributed by atoms with van der Waals surface area (Å²) in [5, 5.41) is 13.3. The third-order valence-electron chi connectivity index (χ3n) is 3.97. The number of nitrogens with one attached hydrogen (secondary N) is 2. The van der Waals surface area contributed by atoms with E-state index in [0.29, 0.717) is 5.92 Å². The second-order valence-corrected chi connectivity index (χ2v) is 5.72. The first-order chi connectivity index (χ1) is 11.1. The lowest BCUT2D eigenvalue weighted by molar-refractivity contribution is -0.122. The minimum absolute atomic E-state index is 0.0208. The molecule has 1 aromatic heterocycles. The average molecular weight is 313 g/mol. The minimum atomic E-state index is -0.234. The molecule has 1 aliphatic heterocycles. The zero-order valence-corrected chi connectivity index (χ0v) is 13.0. The molecule has 1 aromatic carbocycles. The largest absolute Gasteiger partial charge is 0.347 e. The van der Waals surface area contributed by atoms with E-state index in [4.69, 9.17) is 0 Å². The summed E-state index contributed by atoms with van der Waals surface area (Å²) in [4.78, 5) is 22.6. The average Bonchev–Trinajstić information content (AvgIpc) is 3.00. The molecule has 23 heavy (non-hydrogen) atoms. The van der Waals surface area contributed by atoms with Crippen LogP contribution in [-0.4, -0.2) is 33.1 Å². The van der Waals surface area contributed by atoms with Gasteiger partial charge in [-0.15, -0.1) is 10.2 Å². The van der Waals surface area contributed by atoms with Crippen molar-refractivity contribution in [2.24, 2.45) is 0 Å². The van der Waals surface area contributed by atoms with E-state index in [2.05, 4.69) is 31.5 Å². The van der Waals surface area contributed by atoms with E-state index in [-0.39, 0.29) is 18.4 Å². The van der Waals surface area contributed by atoms with Gasteiger partial charge in [0.15, 0.2) is 0 Å². The van der Waals surface area contributed by atoms with Gasteiger partial charge in [-0.25, -0.2) is 0 Å². The number of carbonyl (C=O) groups excluding carboxylic acids is 2. The summed E-state index contributed by atoms with van der Waals surface area (Å²) >= 11 is 0. The van der Waals surface area contributed by atoms with Crippen LogP contribution < -0.4 is 10.6 Å². The van der Waals surface area contributed by atoms with Crippen LogP contribution >= 0.6 is 0 Å². The third-order valence-corrected chi connectivity index (χ3v) is 3.97. The second-order valence-electron chi connectivity index (χ2n) is 5.72. The number of amides is 2. The predicted molar refractivity (Wildman–Crippen MR) is 84.8 cm³/mol. The Morgan fingerprint density at radius 3 is 3.09 bits per heavy atom. The highest BCUT2D eigenvalue weighted by Crippen LogP contribution is 2.29. The molecule has 0 fully saturated rings. The topological polar surface area (TPSA) is 88.9 Å². The fraction of sp³-hybridized carbons (Fsp3) is 0.375. The fourth-order valence-corrected chi connectivity index (χ4v) is 2.81. The van der Waals surface area contributed by atoms with Crippen LogP contribution in [0, 0.1) is 0 Å². The van der Waals surface area contributed by atoms with E-state index < -0.39 is 0 Å². The Hall–Kier alpha value is -2.70. The molecule has 2 aromatic rings. The van der Waals surface area contributed by atoms with Crippen molar-refractivity contribution in [3.05, 3.63) is 42.0 Å². The molecule has 0 spiro atoms. The van der Waals surface area contributed by atoms with Crippen molar-refractivity contribution in [3.8, 4) is 0 Å². The maximum atomic E-state index is 11.8. The molecule has 1 aliphatic rings. The number of fused-ring (bicyclic) bond motifs is 1. The van der Waals surface area contributed by atoms with Crippen LogP contribution in [0.2, 0.25) is 0 Å². The van der Waals surface area contributed by atoms with Gasteiger partial charge in [-0.2, -0.15) is 0 Å². The summed E-state index contributed by atoms with van der Waals surface area (Å²) in [6, 6.07) is 7.85. The summed E-state index contributed by atoms with van der Waals surface area (Å²) in [5.74, 6) is 0.953. The van der Waals surface area contributed by atoms with E-state index in [9.17, 15) is 9.59 Å². The van der Waals surface area contributed by atoms with Crippen molar-refractivity contribution in [1.29, 1.82) is 0 Å². The lowest BCUT2D eigenvalue weighted by Crippen LogP contribution is -2.31. The first kappa shape index (κ1) is 15.2. The SMILES string of the molecule is CC(=O)NCC(=O)Nc1cccc(C2CCc3nncn3C2)c1. The smallest absolute Gasteiger partial charge is 0.243 e. The number of hydrogen-bond donors (Lipinski definition) is 2. The van der Waals surface area contributed by atoms with Gasteiger partial charge in [-0.1, -0.05) is 12.1 Å².